The zero-order valence-corrected chi connectivity index (χ0v) is 27.7. The molecule has 0 atom stereocenters. The second-order valence-corrected chi connectivity index (χ2v) is 14.3. The summed E-state index contributed by atoms with van der Waals surface area (Å²) in [6, 6.07) is 55.6. The third-order valence-corrected chi connectivity index (χ3v) is 11.6. The van der Waals surface area contributed by atoms with Gasteiger partial charge in [-0.2, -0.15) is 0 Å². The highest BCUT2D eigenvalue weighted by atomic mass is 32.2. The van der Waals surface area contributed by atoms with Gasteiger partial charge in [-0.25, -0.2) is 15.0 Å². The van der Waals surface area contributed by atoms with E-state index in [1.807, 2.05) is 84.2 Å². The summed E-state index contributed by atoms with van der Waals surface area (Å²) in [5.74, 6) is 1.96. The summed E-state index contributed by atoms with van der Waals surface area (Å²) < 4.78 is 2.38. The molecule has 0 radical (unpaired) electrons. The van der Waals surface area contributed by atoms with Gasteiger partial charge in [-0.05, 0) is 65.4 Å². The van der Waals surface area contributed by atoms with Crippen LogP contribution in [-0.2, 0) is 0 Å². The van der Waals surface area contributed by atoms with Crippen LogP contribution in [0.15, 0.2) is 177 Å². The van der Waals surface area contributed by atoms with Crippen molar-refractivity contribution in [2.75, 3.05) is 0 Å². The van der Waals surface area contributed by atoms with Gasteiger partial charge in [0.1, 0.15) is 0 Å². The number of hydrogen-bond donors (Lipinski definition) is 0. The Bertz CT molecular complexity index is 2650. The average molecular weight is 663 g/mol. The minimum absolute atomic E-state index is 0.648. The Morgan fingerprint density at radius 1 is 0.367 bits per heavy atom. The van der Waals surface area contributed by atoms with Gasteiger partial charge in [0.25, 0.3) is 0 Å². The summed E-state index contributed by atoms with van der Waals surface area (Å²) in [6.45, 7) is 0. The molecule has 0 unspecified atom stereocenters. The third kappa shape index (κ3) is 4.91. The van der Waals surface area contributed by atoms with Crippen LogP contribution in [0.3, 0.4) is 0 Å². The molecule has 0 spiro atoms. The smallest absolute Gasteiger partial charge is 0.164 e. The van der Waals surface area contributed by atoms with Gasteiger partial charge in [0.05, 0.1) is 11.0 Å². The summed E-state index contributed by atoms with van der Waals surface area (Å²) in [7, 11) is 0. The van der Waals surface area contributed by atoms with E-state index in [2.05, 4.69) is 102 Å². The molecule has 1 aliphatic rings. The van der Waals surface area contributed by atoms with Crippen molar-refractivity contribution >= 4 is 56.1 Å². The van der Waals surface area contributed by atoms with Crippen LogP contribution in [0, 0.1) is 0 Å². The molecule has 0 bridgehead atoms. The molecule has 0 aliphatic carbocycles. The second-order valence-electron chi connectivity index (χ2n) is 12.1. The molecule has 4 nitrogen and oxygen atoms in total. The lowest BCUT2D eigenvalue weighted by molar-refractivity contribution is 1.07. The Morgan fingerprint density at radius 3 is 1.43 bits per heavy atom. The predicted octanol–water partition coefficient (Wildman–Crippen LogP) is 11.7. The van der Waals surface area contributed by atoms with Gasteiger partial charge in [0.15, 0.2) is 17.5 Å². The fraction of sp³-hybridized carbons (Fsp3) is 0. The number of fused-ring (bicyclic) bond motifs is 6. The lowest BCUT2D eigenvalue weighted by Gasteiger charge is -2.20. The zero-order valence-electron chi connectivity index (χ0n) is 26.1. The molecule has 0 saturated heterocycles. The highest BCUT2D eigenvalue weighted by Crippen LogP contribution is 2.51. The van der Waals surface area contributed by atoms with Gasteiger partial charge in [0, 0.05) is 52.7 Å². The molecule has 49 heavy (non-hydrogen) atoms. The topological polar surface area (TPSA) is 43.6 Å². The van der Waals surface area contributed by atoms with E-state index in [0.717, 1.165) is 22.4 Å². The van der Waals surface area contributed by atoms with Crippen molar-refractivity contribution in [2.45, 2.75) is 19.6 Å². The maximum atomic E-state index is 4.94. The van der Waals surface area contributed by atoms with Crippen LogP contribution in [0.5, 0.6) is 0 Å². The first kappa shape index (κ1) is 28.3. The van der Waals surface area contributed by atoms with E-state index in [4.69, 9.17) is 15.0 Å². The van der Waals surface area contributed by atoms with Crippen LogP contribution in [0.25, 0.3) is 72.4 Å². The lowest BCUT2D eigenvalue weighted by Crippen LogP contribution is -2.00. The van der Waals surface area contributed by atoms with Crippen LogP contribution < -0.4 is 0 Å². The Morgan fingerprint density at radius 2 is 0.837 bits per heavy atom. The molecular weight excluding hydrogens is 637 g/mol. The Balaban J connectivity index is 1.09. The van der Waals surface area contributed by atoms with E-state index in [0.29, 0.717) is 17.5 Å². The number of aromatic nitrogens is 4. The first-order valence-corrected chi connectivity index (χ1v) is 17.8. The van der Waals surface area contributed by atoms with E-state index in [1.54, 1.807) is 0 Å². The summed E-state index contributed by atoms with van der Waals surface area (Å²) in [4.78, 5) is 20.0. The summed E-state index contributed by atoms with van der Waals surface area (Å²) in [5.41, 5.74) is 6.33. The van der Waals surface area contributed by atoms with Gasteiger partial charge in [0.2, 0.25) is 0 Å². The Labute approximate surface area is 291 Å². The van der Waals surface area contributed by atoms with Crippen LogP contribution in [0.2, 0.25) is 0 Å². The molecule has 0 fully saturated rings. The van der Waals surface area contributed by atoms with Gasteiger partial charge in [-0.15, -0.1) is 0 Å². The molecule has 7 aromatic carbocycles. The second kappa shape index (κ2) is 11.5. The molecule has 10 rings (SSSR count). The van der Waals surface area contributed by atoms with Crippen molar-refractivity contribution < 1.29 is 0 Å². The van der Waals surface area contributed by atoms with E-state index in [9.17, 15) is 0 Å². The fourth-order valence-corrected chi connectivity index (χ4v) is 9.04. The van der Waals surface area contributed by atoms with E-state index in [-0.39, 0.29) is 0 Å². The minimum Gasteiger partial charge on any atom is -0.309 e. The van der Waals surface area contributed by atoms with Gasteiger partial charge in [-0.3, -0.25) is 0 Å². The van der Waals surface area contributed by atoms with Crippen molar-refractivity contribution in [3.05, 3.63) is 158 Å². The lowest BCUT2D eigenvalue weighted by atomic mass is 10.1. The Hall–Kier alpha value is -5.69. The number of hydrogen-bond acceptors (Lipinski definition) is 5. The third-order valence-electron chi connectivity index (χ3n) is 9.07. The molecule has 6 heteroatoms. The Kier molecular flexibility index (Phi) is 6.64. The van der Waals surface area contributed by atoms with Crippen molar-refractivity contribution in [2.24, 2.45) is 0 Å². The minimum atomic E-state index is 0.648. The van der Waals surface area contributed by atoms with Crippen molar-refractivity contribution in [3.8, 4) is 39.9 Å². The number of benzene rings is 7. The standard InChI is InChI=1S/C43H26N4S2/c1-3-11-27(12-4-1)41-44-42(28-13-5-2-6-14-28)46-43(45-41)29-19-21-32(22-20-29)47-35-18-10-9-17-33(35)34-25-39-40(26-36(34)47)49-38-24-31-16-8-7-15-30(31)23-37(38)48-39/h1-26H. The highest BCUT2D eigenvalue weighted by molar-refractivity contribution is 8.05. The molecule has 0 saturated carbocycles. The van der Waals surface area contributed by atoms with Gasteiger partial charge in [-0.1, -0.05) is 127 Å². The maximum absolute atomic E-state index is 4.94. The van der Waals surface area contributed by atoms with E-state index < -0.39 is 0 Å². The summed E-state index contributed by atoms with van der Waals surface area (Å²) in [5, 5.41) is 5.06. The number of para-hydroxylation sites is 1. The molecule has 0 N–H and O–H groups in total. The largest absolute Gasteiger partial charge is 0.309 e. The zero-order chi connectivity index (χ0) is 32.3. The van der Waals surface area contributed by atoms with Gasteiger partial charge < -0.3 is 4.57 Å². The van der Waals surface area contributed by atoms with Gasteiger partial charge >= 0.3 is 0 Å². The molecular formula is C43H26N4S2. The van der Waals surface area contributed by atoms with Crippen LogP contribution in [0.1, 0.15) is 0 Å². The number of nitrogens with zero attached hydrogens (tertiary/aromatic N) is 4. The first-order valence-electron chi connectivity index (χ1n) is 16.2. The predicted molar refractivity (Wildman–Crippen MR) is 203 cm³/mol. The fourth-order valence-electron chi connectivity index (χ4n) is 6.71. The first-order chi connectivity index (χ1) is 24.2. The normalized spacial score (nSPS) is 12.3. The molecule has 230 valence electrons. The van der Waals surface area contributed by atoms with E-state index in [1.165, 1.54) is 52.2 Å². The van der Waals surface area contributed by atoms with Crippen LogP contribution >= 0.6 is 23.5 Å². The summed E-state index contributed by atoms with van der Waals surface area (Å²) in [6.07, 6.45) is 0. The average Bonchev–Trinajstić information content (AvgIpc) is 3.49. The van der Waals surface area contributed by atoms with Crippen molar-refractivity contribution in [1.82, 2.24) is 19.5 Å². The molecule has 1 aliphatic heterocycles. The molecule has 2 aromatic heterocycles. The number of rotatable bonds is 4. The van der Waals surface area contributed by atoms with Crippen LogP contribution in [-0.4, -0.2) is 19.5 Å². The SMILES string of the molecule is c1ccc(-c2nc(-c3ccccc3)nc(-c3ccc(-n4c5ccccc5c5cc6c(cc54)Sc4cc5ccccc5cc4S6)cc3)n2)cc1. The molecule has 3 heterocycles. The quantitative estimate of drug-likeness (QED) is 0.188. The maximum Gasteiger partial charge on any atom is 0.164 e. The summed E-state index contributed by atoms with van der Waals surface area (Å²) >= 11 is 3.74. The molecule has 0 amide bonds. The monoisotopic (exact) mass is 662 g/mol. The van der Waals surface area contributed by atoms with Crippen molar-refractivity contribution in [3.63, 3.8) is 0 Å². The molecule has 9 aromatic rings. The van der Waals surface area contributed by atoms with Crippen LogP contribution in [0.4, 0.5) is 0 Å². The van der Waals surface area contributed by atoms with E-state index >= 15 is 0 Å². The highest BCUT2D eigenvalue weighted by Gasteiger charge is 2.22. The van der Waals surface area contributed by atoms with Crippen molar-refractivity contribution in [1.29, 1.82) is 0 Å².